The fourth-order valence-electron chi connectivity index (χ4n) is 2.67. The molecule has 1 rings (SSSR count). The molecule has 1 N–H and O–H groups in total. The minimum absolute atomic E-state index is 0.305. The first-order chi connectivity index (χ1) is 7.42. The van der Waals surface area contributed by atoms with E-state index < -0.39 is 0 Å². The Bertz CT molecular complexity index is 213. The smallest absolute Gasteiger partial charge is 0.0281 e. The van der Waals surface area contributed by atoms with Crippen LogP contribution in [0.3, 0.4) is 0 Å². The van der Waals surface area contributed by atoms with E-state index in [9.17, 15) is 0 Å². The third kappa shape index (κ3) is 2.98. The van der Waals surface area contributed by atoms with Crippen molar-refractivity contribution in [3.8, 4) is 0 Å². The van der Waals surface area contributed by atoms with Crippen molar-refractivity contribution in [1.82, 2.24) is 10.2 Å². The van der Waals surface area contributed by atoms with Crippen LogP contribution in [0.5, 0.6) is 0 Å². The summed E-state index contributed by atoms with van der Waals surface area (Å²) in [5.41, 5.74) is 0.305. The summed E-state index contributed by atoms with van der Waals surface area (Å²) in [4.78, 5) is 2.69. The van der Waals surface area contributed by atoms with E-state index >= 15 is 0 Å². The summed E-state index contributed by atoms with van der Waals surface area (Å²) >= 11 is 0. The second-order valence-corrected chi connectivity index (χ2v) is 6.09. The molecule has 1 fully saturated rings. The summed E-state index contributed by atoms with van der Waals surface area (Å²) in [7, 11) is 0. The van der Waals surface area contributed by atoms with Gasteiger partial charge in [-0.1, -0.05) is 27.2 Å². The van der Waals surface area contributed by atoms with Gasteiger partial charge >= 0.3 is 0 Å². The van der Waals surface area contributed by atoms with E-state index in [1.54, 1.807) is 0 Å². The van der Waals surface area contributed by atoms with Gasteiger partial charge in [0.25, 0.3) is 0 Å². The third-order valence-corrected chi connectivity index (χ3v) is 4.42. The maximum Gasteiger partial charge on any atom is 0.0281 e. The molecule has 0 aromatic carbocycles. The van der Waals surface area contributed by atoms with Gasteiger partial charge in [0.15, 0.2) is 0 Å². The molecule has 0 bridgehead atoms. The Hall–Kier alpha value is -0.0800. The summed E-state index contributed by atoms with van der Waals surface area (Å²) in [5.74, 6) is 0.780. The SMILES string of the molecule is CCC(C)C1CN(C(C)CC)C(C)(C)CN1. The standard InChI is InChI=1S/C14H30N2/c1-7-11(3)13-9-16(12(4)8-2)14(5,6)10-15-13/h11-13,15H,7-10H2,1-6H3. The largest absolute Gasteiger partial charge is 0.311 e. The lowest BCUT2D eigenvalue weighted by Crippen LogP contribution is -2.65. The maximum atomic E-state index is 3.73. The molecule has 0 saturated carbocycles. The second kappa shape index (κ2) is 5.50. The summed E-state index contributed by atoms with van der Waals surface area (Å²) in [6.07, 6.45) is 2.52. The van der Waals surface area contributed by atoms with Crippen LogP contribution in [0.25, 0.3) is 0 Å². The first-order valence-electron chi connectivity index (χ1n) is 6.92. The molecule has 0 aromatic heterocycles. The average Bonchev–Trinajstić information content (AvgIpc) is 2.26. The van der Waals surface area contributed by atoms with Gasteiger partial charge in [0.05, 0.1) is 0 Å². The van der Waals surface area contributed by atoms with Gasteiger partial charge in [-0.25, -0.2) is 0 Å². The topological polar surface area (TPSA) is 15.3 Å². The third-order valence-electron chi connectivity index (χ3n) is 4.42. The van der Waals surface area contributed by atoms with Crippen LogP contribution in [0.2, 0.25) is 0 Å². The zero-order chi connectivity index (χ0) is 12.3. The molecule has 1 heterocycles. The van der Waals surface area contributed by atoms with Crippen molar-refractivity contribution < 1.29 is 0 Å². The van der Waals surface area contributed by atoms with Crippen molar-refractivity contribution in [3.63, 3.8) is 0 Å². The van der Waals surface area contributed by atoms with Crippen LogP contribution < -0.4 is 5.32 Å². The molecule has 1 aliphatic rings. The van der Waals surface area contributed by atoms with Crippen LogP contribution in [0, 0.1) is 5.92 Å². The zero-order valence-electron chi connectivity index (χ0n) is 12.0. The van der Waals surface area contributed by atoms with Gasteiger partial charge in [0, 0.05) is 30.7 Å². The fraction of sp³-hybridized carbons (Fsp3) is 1.00. The van der Waals surface area contributed by atoms with Gasteiger partial charge in [0.1, 0.15) is 0 Å². The lowest BCUT2D eigenvalue weighted by molar-refractivity contribution is 0.0187. The van der Waals surface area contributed by atoms with E-state index in [4.69, 9.17) is 0 Å². The Balaban J connectivity index is 2.69. The fourth-order valence-corrected chi connectivity index (χ4v) is 2.67. The lowest BCUT2D eigenvalue weighted by atomic mass is 9.89. The molecule has 3 atom stereocenters. The van der Waals surface area contributed by atoms with E-state index in [0.29, 0.717) is 17.6 Å². The molecule has 0 aliphatic carbocycles. The van der Waals surface area contributed by atoms with Crippen molar-refractivity contribution in [2.24, 2.45) is 5.92 Å². The van der Waals surface area contributed by atoms with Gasteiger partial charge in [-0.15, -0.1) is 0 Å². The van der Waals surface area contributed by atoms with Crippen molar-refractivity contribution in [2.75, 3.05) is 13.1 Å². The highest BCUT2D eigenvalue weighted by molar-refractivity contribution is 4.95. The quantitative estimate of drug-likeness (QED) is 0.793. The summed E-state index contributed by atoms with van der Waals surface area (Å²) in [6, 6.07) is 1.37. The Morgan fingerprint density at radius 1 is 1.25 bits per heavy atom. The molecule has 1 saturated heterocycles. The van der Waals surface area contributed by atoms with Crippen molar-refractivity contribution in [1.29, 1.82) is 0 Å². The Kier molecular flexibility index (Phi) is 4.81. The van der Waals surface area contributed by atoms with E-state index in [2.05, 4.69) is 51.8 Å². The van der Waals surface area contributed by atoms with Gasteiger partial charge in [0.2, 0.25) is 0 Å². The molecule has 1 aliphatic heterocycles. The number of nitrogens with one attached hydrogen (secondary N) is 1. The van der Waals surface area contributed by atoms with Gasteiger partial charge < -0.3 is 5.32 Å². The van der Waals surface area contributed by atoms with Crippen LogP contribution in [-0.2, 0) is 0 Å². The van der Waals surface area contributed by atoms with Crippen LogP contribution in [-0.4, -0.2) is 35.6 Å². The minimum atomic E-state index is 0.305. The van der Waals surface area contributed by atoms with Crippen molar-refractivity contribution in [3.05, 3.63) is 0 Å². The summed E-state index contributed by atoms with van der Waals surface area (Å²) < 4.78 is 0. The molecule has 96 valence electrons. The number of hydrogen-bond acceptors (Lipinski definition) is 2. The van der Waals surface area contributed by atoms with Gasteiger partial charge in [-0.05, 0) is 33.1 Å². The average molecular weight is 226 g/mol. The second-order valence-electron chi connectivity index (χ2n) is 6.09. The number of rotatable bonds is 4. The maximum absolute atomic E-state index is 3.73. The predicted molar refractivity (Wildman–Crippen MR) is 71.8 cm³/mol. The van der Waals surface area contributed by atoms with Crippen LogP contribution in [0.1, 0.15) is 54.4 Å². The highest BCUT2D eigenvalue weighted by Crippen LogP contribution is 2.25. The normalized spacial score (nSPS) is 30.0. The first kappa shape index (κ1) is 14.0. The first-order valence-corrected chi connectivity index (χ1v) is 6.92. The van der Waals surface area contributed by atoms with E-state index in [0.717, 1.165) is 12.5 Å². The molecular weight excluding hydrogens is 196 g/mol. The number of nitrogens with zero attached hydrogens (tertiary/aromatic N) is 1. The molecule has 2 nitrogen and oxygen atoms in total. The molecule has 0 aromatic rings. The zero-order valence-corrected chi connectivity index (χ0v) is 12.0. The van der Waals surface area contributed by atoms with E-state index in [1.807, 2.05) is 0 Å². The van der Waals surface area contributed by atoms with Crippen LogP contribution in [0.15, 0.2) is 0 Å². The Morgan fingerprint density at radius 3 is 2.38 bits per heavy atom. The van der Waals surface area contributed by atoms with E-state index in [-0.39, 0.29) is 0 Å². The van der Waals surface area contributed by atoms with Gasteiger partial charge in [-0.3, -0.25) is 4.90 Å². The van der Waals surface area contributed by atoms with Crippen molar-refractivity contribution in [2.45, 2.75) is 72.0 Å². The monoisotopic (exact) mass is 226 g/mol. The summed E-state index contributed by atoms with van der Waals surface area (Å²) in [6.45, 7) is 16.4. The lowest BCUT2D eigenvalue weighted by Gasteiger charge is -2.50. The predicted octanol–water partition coefficient (Wildman–Crippen LogP) is 2.88. The van der Waals surface area contributed by atoms with Crippen LogP contribution in [0.4, 0.5) is 0 Å². The highest BCUT2D eigenvalue weighted by atomic mass is 15.3. The van der Waals surface area contributed by atoms with Gasteiger partial charge in [-0.2, -0.15) is 0 Å². The van der Waals surface area contributed by atoms with Crippen LogP contribution >= 0.6 is 0 Å². The molecule has 0 spiro atoms. The highest BCUT2D eigenvalue weighted by Gasteiger charge is 2.37. The number of piperazine rings is 1. The molecule has 0 amide bonds. The molecule has 2 heteroatoms. The van der Waals surface area contributed by atoms with Crippen molar-refractivity contribution >= 4 is 0 Å². The number of hydrogen-bond donors (Lipinski definition) is 1. The van der Waals surface area contributed by atoms with E-state index in [1.165, 1.54) is 19.4 Å². The molecule has 16 heavy (non-hydrogen) atoms. The Morgan fingerprint density at radius 2 is 1.88 bits per heavy atom. The Labute approximate surface area is 102 Å². The molecule has 0 radical (unpaired) electrons. The minimum Gasteiger partial charge on any atom is -0.311 e. The molecule has 3 unspecified atom stereocenters. The molecular formula is C14H30N2. The summed E-state index contributed by atoms with van der Waals surface area (Å²) in [5, 5.41) is 3.73.